The molecule has 0 saturated heterocycles. The molecular weight excluding hydrogens is 374 g/mol. The predicted molar refractivity (Wildman–Crippen MR) is 109 cm³/mol. The molecule has 3 aromatic carbocycles. The standard InChI is InChI=1S/C22H17NO4S/c1-13-9-10-17-16(11-20(24)27-22(17)14(13)2)12-23-18-7-3-5-15-6-4-8-19(21(15)18)28(23,25)26/h3-11H,12H2,1-2H3. The number of hydrogen-bond donors (Lipinski definition) is 0. The van der Waals surface area contributed by atoms with Crippen molar-refractivity contribution in [2.45, 2.75) is 25.3 Å². The summed E-state index contributed by atoms with van der Waals surface area (Å²) in [6, 6.07) is 16.1. The average Bonchev–Trinajstić information content (AvgIpc) is 2.88. The van der Waals surface area contributed by atoms with Gasteiger partial charge in [0.05, 0.1) is 17.1 Å². The SMILES string of the molecule is Cc1ccc2c(CN3c4cccc5cccc(c45)S3(=O)=O)cc(=O)oc2c1C. The molecular formula is C22H17NO4S. The van der Waals surface area contributed by atoms with E-state index in [1.54, 1.807) is 18.2 Å². The summed E-state index contributed by atoms with van der Waals surface area (Å²) in [5, 5.41) is 2.36. The average molecular weight is 391 g/mol. The molecule has 0 bridgehead atoms. The molecule has 0 saturated carbocycles. The molecule has 1 aliphatic rings. The first kappa shape index (κ1) is 17.0. The second-order valence-electron chi connectivity index (χ2n) is 7.12. The Morgan fingerprint density at radius 1 is 1.00 bits per heavy atom. The largest absolute Gasteiger partial charge is 0.422 e. The lowest BCUT2D eigenvalue weighted by Gasteiger charge is -2.20. The first-order valence-electron chi connectivity index (χ1n) is 8.95. The molecule has 0 fully saturated rings. The lowest BCUT2D eigenvalue weighted by atomic mass is 10.0. The smallest absolute Gasteiger partial charge is 0.336 e. The fourth-order valence-electron chi connectivity index (χ4n) is 3.94. The Kier molecular flexibility index (Phi) is 3.46. The van der Waals surface area contributed by atoms with Gasteiger partial charge < -0.3 is 4.42 Å². The van der Waals surface area contributed by atoms with Gasteiger partial charge in [0, 0.05) is 16.8 Å². The highest BCUT2D eigenvalue weighted by Crippen LogP contribution is 2.43. The first-order valence-corrected chi connectivity index (χ1v) is 10.4. The Hall–Kier alpha value is -3.12. The van der Waals surface area contributed by atoms with E-state index in [-0.39, 0.29) is 6.54 Å². The van der Waals surface area contributed by atoms with Gasteiger partial charge in [-0.2, -0.15) is 0 Å². The van der Waals surface area contributed by atoms with Crippen molar-refractivity contribution in [1.29, 1.82) is 0 Å². The number of sulfonamides is 1. The Morgan fingerprint density at radius 2 is 1.75 bits per heavy atom. The zero-order valence-electron chi connectivity index (χ0n) is 15.4. The van der Waals surface area contributed by atoms with Crippen LogP contribution in [0.15, 0.2) is 68.7 Å². The number of aryl methyl sites for hydroxylation is 2. The van der Waals surface area contributed by atoms with Crippen LogP contribution in [0.5, 0.6) is 0 Å². The van der Waals surface area contributed by atoms with Crippen LogP contribution >= 0.6 is 0 Å². The maximum Gasteiger partial charge on any atom is 0.336 e. The van der Waals surface area contributed by atoms with Crippen LogP contribution < -0.4 is 9.93 Å². The third-order valence-electron chi connectivity index (χ3n) is 5.51. The highest BCUT2D eigenvalue weighted by atomic mass is 32.2. The molecule has 28 heavy (non-hydrogen) atoms. The van der Waals surface area contributed by atoms with Gasteiger partial charge in [-0.3, -0.25) is 4.31 Å². The van der Waals surface area contributed by atoms with Crippen molar-refractivity contribution in [3.8, 4) is 0 Å². The van der Waals surface area contributed by atoms with Gasteiger partial charge in [-0.25, -0.2) is 13.2 Å². The summed E-state index contributed by atoms with van der Waals surface area (Å²) in [6.45, 7) is 3.91. The van der Waals surface area contributed by atoms with Crippen LogP contribution in [0.4, 0.5) is 5.69 Å². The molecule has 0 unspecified atom stereocenters. The zero-order valence-corrected chi connectivity index (χ0v) is 16.2. The second-order valence-corrected chi connectivity index (χ2v) is 8.95. The van der Waals surface area contributed by atoms with E-state index < -0.39 is 15.6 Å². The van der Waals surface area contributed by atoms with E-state index in [0.29, 0.717) is 21.7 Å². The van der Waals surface area contributed by atoms with E-state index >= 15 is 0 Å². The predicted octanol–water partition coefficient (Wildman–Crippen LogP) is 4.27. The molecule has 140 valence electrons. The van der Waals surface area contributed by atoms with E-state index in [9.17, 15) is 13.2 Å². The highest BCUT2D eigenvalue weighted by Gasteiger charge is 2.35. The molecule has 0 spiro atoms. The highest BCUT2D eigenvalue weighted by molar-refractivity contribution is 7.93. The van der Waals surface area contributed by atoms with Crippen molar-refractivity contribution in [2.75, 3.05) is 4.31 Å². The van der Waals surface area contributed by atoms with Crippen molar-refractivity contribution >= 4 is 37.5 Å². The van der Waals surface area contributed by atoms with Gasteiger partial charge in [-0.05, 0) is 48.1 Å². The van der Waals surface area contributed by atoms with Crippen LogP contribution in [0.3, 0.4) is 0 Å². The van der Waals surface area contributed by atoms with Crippen LogP contribution in [0.1, 0.15) is 16.7 Å². The Bertz CT molecular complexity index is 1450. The van der Waals surface area contributed by atoms with Crippen LogP contribution in [-0.2, 0) is 16.6 Å². The van der Waals surface area contributed by atoms with Gasteiger partial charge in [0.2, 0.25) is 0 Å². The minimum absolute atomic E-state index is 0.0702. The van der Waals surface area contributed by atoms with E-state index in [4.69, 9.17) is 4.42 Å². The third-order valence-corrected chi connectivity index (χ3v) is 7.31. The molecule has 5 rings (SSSR count). The van der Waals surface area contributed by atoms with Gasteiger partial charge in [-0.1, -0.05) is 36.4 Å². The first-order chi connectivity index (χ1) is 13.4. The molecule has 2 heterocycles. The molecule has 4 aromatic rings. The summed E-state index contributed by atoms with van der Waals surface area (Å²) < 4.78 is 33.3. The number of anilines is 1. The minimum Gasteiger partial charge on any atom is -0.422 e. The van der Waals surface area contributed by atoms with Crippen LogP contribution in [0.2, 0.25) is 0 Å². The molecule has 0 aliphatic carbocycles. The van der Waals surface area contributed by atoms with E-state index in [2.05, 4.69) is 0 Å². The number of fused-ring (bicyclic) bond motifs is 1. The summed E-state index contributed by atoms with van der Waals surface area (Å²) in [5.74, 6) is 0. The summed E-state index contributed by atoms with van der Waals surface area (Å²) in [7, 11) is -3.70. The summed E-state index contributed by atoms with van der Waals surface area (Å²) in [4.78, 5) is 12.5. The molecule has 0 radical (unpaired) electrons. The molecule has 0 amide bonds. The molecule has 0 N–H and O–H groups in total. The van der Waals surface area contributed by atoms with Gasteiger partial charge in [-0.15, -0.1) is 0 Å². The molecule has 1 aromatic heterocycles. The van der Waals surface area contributed by atoms with E-state index in [1.807, 2.05) is 44.2 Å². The van der Waals surface area contributed by atoms with Crippen LogP contribution in [0, 0.1) is 13.8 Å². The van der Waals surface area contributed by atoms with Crippen molar-refractivity contribution in [1.82, 2.24) is 0 Å². The van der Waals surface area contributed by atoms with E-state index in [1.165, 1.54) is 10.4 Å². The normalized spacial score (nSPS) is 14.9. The van der Waals surface area contributed by atoms with Crippen molar-refractivity contribution in [3.63, 3.8) is 0 Å². The monoisotopic (exact) mass is 391 g/mol. The number of rotatable bonds is 2. The fraction of sp³-hybridized carbons (Fsp3) is 0.136. The van der Waals surface area contributed by atoms with Crippen molar-refractivity contribution < 1.29 is 12.8 Å². The quantitative estimate of drug-likeness (QED) is 0.479. The lowest BCUT2D eigenvalue weighted by molar-refractivity contribution is 0.555. The van der Waals surface area contributed by atoms with Gasteiger partial charge in [0.25, 0.3) is 10.0 Å². The Labute approximate surface area is 161 Å². The minimum atomic E-state index is -3.70. The lowest BCUT2D eigenvalue weighted by Crippen LogP contribution is -2.27. The molecule has 1 aliphatic heterocycles. The topological polar surface area (TPSA) is 67.6 Å². The number of benzene rings is 3. The maximum absolute atomic E-state index is 13.2. The fourth-order valence-corrected chi connectivity index (χ4v) is 5.63. The summed E-state index contributed by atoms with van der Waals surface area (Å²) >= 11 is 0. The van der Waals surface area contributed by atoms with Gasteiger partial charge in [0.15, 0.2) is 0 Å². The van der Waals surface area contributed by atoms with Crippen LogP contribution in [-0.4, -0.2) is 8.42 Å². The van der Waals surface area contributed by atoms with Crippen LogP contribution in [0.25, 0.3) is 21.7 Å². The number of nitrogens with zero attached hydrogens (tertiary/aromatic N) is 1. The van der Waals surface area contributed by atoms with Gasteiger partial charge in [0.1, 0.15) is 5.58 Å². The Balaban J connectivity index is 1.74. The zero-order chi connectivity index (χ0) is 19.6. The third kappa shape index (κ3) is 2.24. The van der Waals surface area contributed by atoms with Crippen molar-refractivity contribution in [3.05, 3.63) is 81.7 Å². The Morgan fingerprint density at radius 3 is 2.54 bits per heavy atom. The van der Waals surface area contributed by atoms with Gasteiger partial charge >= 0.3 is 5.63 Å². The summed E-state index contributed by atoms with van der Waals surface area (Å²) in [5.41, 5.74) is 3.18. The maximum atomic E-state index is 13.2. The second kappa shape index (κ2) is 5.69. The molecule has 6 heteroatoms. The van der Waals surface area contributed by atoms with E-state index in [0.717, 1.165) is 27.3 Å². The summed E-state index contributed by atoms with van der Waals surface area (Å²) in [6.07, 6.45) is 0. The molecule has 5 nitrogen and oxygen atoms in total. The van der Waals surface area contributed by atoms with Crippen molar-refractivity contribution in [2.24, 2.45) is 0 Å². The molecule has 0 atom stereocenters. The number of hydrogen-bond acceptors (Lipinski definition) is 4.